The van der Waals surface area contributed by atoms with Gasteiger partial charge in [0.05, 0.1) is 12.9 Å². The molecular formula is C20H27N5O3S. The van der Waals surface area contributed by atoms with E-state index < -0.39 is 10.1 Å². The first-order valence-corrected chi connectivity index (χ1v) is 11.4. The van der Waals surface area contributed by atoms with Crippen LogP contribution in [0.5, 0.6) is 0 Å². The molecule has 2 rings (SSSR count). The first kappa shape index (κ1) is 22.7. The highest BCUT2D eigenvalue weighted by Gasteiger charge is 2.21. The number of allylic oxidation sites excluding steroid dienone is 1. The zero-order valence-electron chi connectivity index (χ0n) is 16.6. The monoisotopic (exact) mass is 417 g/mol. The summed E-state index contributed by atoms with van der Waals surface area (Å²) >= 11 is 0. The number of nitrogens with one attached hydrogen (secondary N) is 2. The number of hydrogen-bond donors (Lipinski definition) is 2. The number of nitrogens with zero attached hydrogens (tertiary/aromatic N) is 3. The van der Waals surface area contributed by atoms with Gasteiger partial charge in [-0.05, 0) is 24.8 Å². The predicted molar refractivity (Wildman–Crippen MR) is 110 cm³/mol. The molecule has 0 bridgehead atoms. The van der Waals surface area contributed by atoms with Gasteiger partial charge in [0.1, 0.15) is 18.0 Å². The van der Waals surface area contributed by atoms with E-state index in [1.54, 1.807) is 0 Å². The topological polar surface area (TPSA) is 118 Å². The number of rotatable bonds is 10. The van der Waals surface area contributed by atoms with E-state index in [0.29, 0.717) is 18.8 Å². The summed E-state index contributed by atoms with van der Waals surface area (Å²) in [4.78, 5) is 2.39. The minimum absolute atomic E-state index is 0.0132. The summed E-state index contributed by atoms with van der Waals surface area (Å²) in [5.74, 6) is 0.399. The quantitative estimate of drug-likeness (QED) is 0.334. The number of benzene rings is 1. The van der Waals surface area contributed by atoms with Crippen LogP contribution in [0.15, 0.2) is 41.7 Å². The lowest BCUT2D eigenvalue weighted by atomic mass is 10.0. The zero-order chi connectivity index (χ0) is 21.1. The highest BCUT2D eigenvalue weighted by Crippen LogP contribution is 2.15. The first-order chi connectivity index (χ1) is 13.9. The van der Waals surface area contributed by atoms with Crippen LogP contribution >= 0.6 is 0 Å². The Balaban J connectivity index is 1.83. The molecule has 0 aliphatic carbocycles. The van der Waals surface area contributed by atoms with Crippen LogP contribution in [0.4, 0.5) is 0 Å². The molecule has 1 saturated heterocycles. The van der Waals surface area contributed by atoms with E-state index in [1.807, 2.05) is 30.3 Å². The van der Waals surface area contributed by atoms with Gasteiger partial charge in [0.2, 0.25) is 0 Å². The smallest absolute Gasteiger partial charge is 0.264 e. The van der Waals surface area contributed by atoms with Gasteiger partial charge in [-0.15, -0.1) is 0 Å². The molecule has 0 atom stereocenters. The Hall–Kier alpha value is -2.59. The fourth-order valence-corrected chi connectivity index (χ4v) is 3.55. The minimum atomic E-state index is -3.47. The van der Waals surface area contributed by atoms with Crippen molar-refractivity contribution in [3.63, 3.8) is 0 Å². The molecule has 156 valence electrons. The summed E-state index contributed by atoms with van der Waals surface area (Å²) in [6, 6.07) is 14.3. The van der Waals surface area contributed by atoms with Crippen LogP contribution in [-0.4, -0.2) is 51.9 Å². The van der Waals surface area contributed by atoms with E-state index in [1.165, 1.54) is 5.56 Å². The van der Waals surface area contributed by atoms with E-state index in [9.17, 15) is 18.9 Å². The minimum Gasteiger partial charge on any atom is -0.370 e. The van der Waals surface area contributed by atoms with Crippen molar-refractivity contribution in [2.75, 3.05) is 32.5 Å². The summed E-state index contributed by atoms with van der Waals surface area (Å²) in [6.45, 7) is 3.20. The van der Waals surface area contributed by atoms with Gasteiger partial charge in [-0.1, -0.05) is 30.3 Å². The van der Waals surface area contributed by atoms with Gasteiger partial charge in [0.25, 0.3) is 10.1 Å². The van der Waals surface area contributed by atoms with Crippen molar-refractivity contribution in [2.45, 2.75) is 31.8 Å². The standard InChI is InChI=1S/C20H27N5O3S/c1-29(26,27)28-13-5-10-23-20(18(14-21)15-22)24-19-8-11-25(12-9-19)16-17-6-3-2-4-7-17/h2-4,6-7,19,23-24H,5,8-13,16H2,1H3. The Morgan fingerprint density at radius 3 is 2.45 bits per heavy atom. The van der Waals surface area contributed by atoms with Gasteiger partial charge in [0, 0.05) is 32.2 Å². The molecule has 0 saturated carbocycles. The van der Waals surface area contributed by atoms with Crippen LogP contribution in [0, 0.1) is 22.7 Å². The summed E-state index contributed by atoms with van der Waals surface area (Å²) in [6.07, 6.45) is 3.23. The number of piperidine rings is 1. The molecule has 8 nitrogen and oxygen atoms in total. The Morgan fingerprint density at radius 2 is 1.86 bits per heavy atom. The molecule has 0 radical (unpaired) electrons. The van der Waals surface area contributed by atoms with Crippen molar-refractivity contribution in [3.8, 4) is 12.1 Å². The van der Waals surface area contributed by atoms with Gasteiger partial charge in [0.15, 0.2) is 5.57 Å². The summed E-state index contributed by atoms with van der Waals surface area (Å²) in [5.41, 5.74) is 1.27. The molecule has 0 amide bonds. The van der Waals surface area contributed by atoms with Crippen molar-refractivity contribution < 1.29 is 12.6 Å². The molecule has 1 aromatic rings. The Morgan fingerprint density at radius 1 is 1.21 bits per heavy atom. The highest BCUT2D eigenvalue weighted by atomic mass is 32.2. The average Bonchev–Trinajstić information content (AvgIpc) is 2.70. The number of nitriles is 2. The van der Waals surface area contributed by atoms with Gasteiger partial charge in [-0.25, -0.2) is 0 Å². The SMILES string of the molecule is CS(=O)(=O)OCCCNC(NC1CCN(Cc2ccccc2)CC1)=C(C#N)C#N. The largest absolute Gasteiger partial charge is 0.370 e. The van der Waals surface area contributed by atoms with Crippen molar-refractivity contribution >= 4 is 10.1 Å². The molecule has 2 N–H and O–H groups in total. The van der Waals surface area contributed by atoms with Gasteiger partial charge in [-0.3, -0.25) is 9.08 Å². The maximum absolute atomic E-state index is 11.0. The fraction of sp³-hybridized carbons (Fsp3) is 0.500. The van der Waals surface area contributed by atoms with Crippen molar-refractivity contribution in [1.82, 2.24) is 15.5 Å². The molecule has 1 aromatic carbocycles. The summed E-state index contributed by atoms with van der Waals surface area (Å²) in [5, 5.41) is 24.8. The molecule has 0 spiro atoms. The van der Waals surface area contributed by atoms with Crippen LogP contribution in [0.25, 0.3) is 0 Å². The summed E-state index contributed by atoms with van der Waals surface area (Å²) in [7, 11) is -3.47. The third kappa shape index (κ3) is 8.53. The van der Waals surface area contributed by atoms with Crippen LogP contribution in [-0.2, 0) is 20.8 Å². The van der Waals surface area contributed by atoms with Crippen molar-refractivity contribution in [3.05, 3.63) is 47.3 Å². The second-order valence-electron chi connectivity index (χ2n) is 6.96. The lowest BCUT2D eigenvalue weighted by Gasteiger charge is -2.33. The van der Waals surface area contributed by atoms with E-state index >= 15 is 0 Å². The van der Waals surface area contributed by atoms with E-state index in [2.05, 4.69) is 27.7 Å². The Bertz CT molecular complexity index is 848. The molecule has 9 heteroatoms. The lowest BCUT2D eigenvalue weighted by Crippen LogP contribution is -2.44. The maximum atomic E-state index is 11.0. The maximum Gasteiger partial charge on any atom is 0.264 e. The number of likely N-dealkylation sites (tertiary alicyclic amines) is 1. The average molecular weight is 418 g/mol. The lowest BCUT2D eigenvalue weighted by molar-refractivity contribution is 0.194. The van der Waals surface area contributed by atoms with E-state index in [4.69, 9.17) is 4.18 Å². The number of hydrogen-bond acceptors (Lipinski definition) is 8. The first-order valence-electron chi connectivity index (χ1n) is 9.57. The normalized spacial score (nSPS) is 15.1. The van der Waals surface area contributed by atoms with Crippen LogP contribution in [0.1, 0.15) is 24.8 Å². The second kappa shape index (κ2) is 11.4. The second-order valence-corrected chi connectivity index (χ2v) is 8.60. The molecule has 1 aliphatic heterocycles. The third-order valence-corrected chi connectivity index (χ3v) is 5.17. The third-order valence-electron chi connectivity index (χ3n) is 4.58. The van der Waals surface area contributed by atoms with Crippen LogP contribution < -0.4 is 10.6 Å². The summed E-state index contributed by atoms with van der Waals surface area (Å²) < 4.78 is 26.7. The molecule has 1 fully saturated rings. The Kier molecular flexibility index (Phi) is 8.94. The van der Waals surface area contributed by atoms with Crippen molar-refractivity contribution in [1.29, 1.82) is 10.5 Å². The van der Waals surface area contributed by atoms with Gasteiger partial charge >= 0.3 is 0 Å². The molecule has 29 heavy (non-hydrogen) atoms. The van der Waals surface area contributed by atoms with Crippen LogP contribution in [0.3, 0.4) is 0 Å². The molecule has 1 heterocycles. The van der Waals surface area contributed by atoms with Crippen LogP contribution in [0.2, 0.25) is 0 Å². The fourth-order valence-electron chi connectivity index (χ4n) is 3.13. The molecule has 0 unspecified atom stereocenters. The Labute approximate surface area is 172 Å². The van der Waals surface area contributed by atoms with E-state index in [0.717, 1.165) is 38.7 Å². The zero-order valence-corrected chi connectivity index (χ0v) is 17.4. The predicted octanol–water partition coefficient (Wildman–Crippen LogP) is 1.46. The molecule has 1 aliphatic rings. The van der Waals surface area contributed by atoms with Gasteiger partial charge in [-0.2, -0.15) is 18.9 Å². The highest BCUT2D eigenvalue weighted by molar-refractivity contribution is 7.85. The molecular weight excluding hydrogens is 390 g/mol. The van der Waals surface area contributed by atoms with Crippen molar-refractivity contribution in [2.24, 2.45) is 0 Å². The van der Waals surface area contributed by atoms with Gasteiger partial charge < -0.3 is 10.6 Å². The van der Waals surface area contributed by atoms with E-state index in [-0.39, 0.29) is 18.2 Å². The molecule has 0 aromatic heterocycles.